The molecule has 2 aliphatic rings. The van der Waals surface area contributed by atoms with Crippen molar-refractivity contribution in [2.45, 2.75) is 32.6 Å². The van der Waals surface area contributed by atoms with Crippen LogP contribution < -0.4 is 4.90 Å². The van der Waals surface area contributed by atoms with Gasteiger partial charge in [0, 0.05) is 13.1 Å². The van der Waals surface area contributed by atoms with Crippen molar-refractivity contribution in [3.05, 3.63) is 16.5 Å². The molecule has 1 saturated heterocycles. The quantitative estimate of drug-likeness (QED) is 0.617. The molecule has 2 heterocycles. The van der Waals surface area contributed by atoms with Gasteiger partial charge in [-0.3, -0.25) is 4.79 Å². The summed E-state index contributed by atoms with van der Waals surface area (Å²) in [6.07, 6.45) is 6.03. The molecule has 0 spiro atoms. The van der Waals surface area contributed by atoms with Gasteiger partial charge >= 0.3 is 0 Å². The first-order valence-corrected chi connectivity index (χ1v) is 7.29. The minimum Gasteiger partial charge on any atom is -0.355 e. The predicted octanol–water partition coefficient (Wildman–Crippen LogP) is 2.88. The van der Waals surface area contributed by atoms with Gasteiger partial charge in [-0.1, -0.05) is 18.0 Å². The van der Waals surface area contributed by atoms with Crippen molar-refractivity contribution in [1.82, 2.24) is 9.97 Å². The number of carbonyl (C=O) groups excluding carboxylic acids is 1. The standard InChI is InChI=1S/C14H18ClN3O/c1-9-16-13(15)12(8-19)14(17-9)18-6-10-3-2-4-11(5-10)7-18/h8,10-11H,2-7H2,1H3. The highest BCUT2D eigenvalue weighted by atomic mass is 35.5. The van der Waals surface area contributed by atoms with Crippen LogP contribution in [-0.4, -0.2) is 29.3 Å². The molecule has 1 aliphatic heterocycles. The monoisotopic (exact) mass is 279 g/mol. The summed E-state index contributed by atoms with van der Waals surface area (Å²) >= 11 is 6.07. The number of aryl methyl sites for hydroxylation is 1. The zero-order valence-corrected chi connectivity index (χ0v) is 11.9. The van der Waals surface area contributed by atoms with Crippen molar-refractivity contribution in [3.63, 3.8) is 0 Å². The Kier molecular flexibility index (Phi) is 3.44. The Labute approximate surface area is 118 Å². The third-order valence-electron chi connectivity index (χ3n) is 4.26. The first-order valence-electron chi connectivity index (χ1n) is 6.91. The average molecular weight is 280 g/mol. The fraction of sp³-hybridized carbons (Fsp3) is 0.643. The summed E-state index contributed by atoms with van der Waals surface area (Å²) < 4.78 is 0. The molecule has 2 fully saturated rings. The number of fused-ring (bicyclic) bond motifs is 2. The summed E-state index contributed by atoms with van der Waals surface area (Å²) in [5.74, 6) is 2.83. The topological polar surface area (TPSA) is 46.1 Å². The van der Waals surface area contributed by atoms with Crippen LogP contribution in [0.5, 0.6) is 0 Å². The molecule has 1 aliphatic carbocycles. The van der Waals surface area contributed by atoms with Gasteiger partial charge in [-0.25, -0.2) is 9.97 Å². The number of carbonyl (C=O) groups is 1. The maximum absolute atomic E-state index is 11.3. The molecule has 1 aromatic heterocycles. The first kappa shape index (κ1) is 12.9. The SMILES string of the molecule is Cc1nc(Cl)c(C=O)c(N2CC3CCCC(C3)C2)n1. The van der Waals surface area contributed by atoms with E-state index in [0.29, 0.717) is 11.4 Å². The zero-order chi connectivity index (χ0) is 13.4. The molecule has 19 heavy (non-hydrogen) atoms. The third kappa shape index (κ3) is 2.46. The number of piperidine rings is 1. The number of rotatable bonds is 2. The van der Waals surface area contributed by atoms with Crippen LogP contribution in [0.25, 0.3) is 0 Å². The Hall–Kier alpha value is -1.16. The molecule has 3 rings (SSSR count). The highest BCUT2D eigenvalue weighted by molar-refractivity contribution is 6.32. The molecule has 2 unspecified atom stereocenters. The largest absolute Gasteiger partial charge is 0.355 e. The Balaban J connectivity index is 1.95. The Morgan fingerprint density at radius 3 is 2.58 bits per heavy atom. The number of aldehydes is 1. The molecule has 0 aromatic carbocycles. The summed E-state index contributed by atoms with van der Waals surface area (Å²) in [7, 11) is 0. The molecule has 4 nitrogen and oxygen atoms in total. The van der Waals surface area contributed by atoms with Crippen molar-refractivity contribution >= 4 is 23.7 Å². The van der Waals surface area contributed by atoms with Crippen molar-refractivity contribution in [3.8, 4) is 0 Å². The molecule has 102 valence electrons. The van der Waals surface area contributed by atoms with Crippen LogP contribution in [0.15, 0.2) is 0 Å². The molecule has 0 amide bonds. The Morgan fingerprint density at radius 2 is 1.95 bits per heavy atom. The summed E-state index contributed by atoms with van der Waals surface area (Å²) in [4.78, 5) is 22.0. The van der Waals surface area contributed by atoms with Gasteiger partial charge in [0.1, 0.15) is 16.8 Å². The van der Waals surface area contributed by atoms with E-state index in [1.54, 1.807) is 0 Å². The van der Waals surface area contributed by atoms with E-state index in [2.05, 4.69) is 14.9 Å². The fourth-order valence-corrected chi connectivity index (χ4v) is 3.73. The second-order valence-corrected chi connectivity index (χ2v) is 6.08. The number of anilines is 1. The van der Waals surface area contributed by atoms with Crippen molar-refractivity contribution in [1.29, 1.82) is 0 Å². The maximum atomic E-state index is 11.3. The van der Waals surface area contributed by atoms with Crippen molar-refractivity contribution < 1.29 is 4.79 Å². The van der Waals surface area contributed by atoms with Gasteiger partial charge in [0.05, 0.1) is 5.56 Å². The Bertz CT molecular complexity index is 494. The maximum Gasteiger partial charge on any atom is 0.156 e. The lowest BCUT2D eigenvalue weighted by Crippen LogP contribution is -2.43. The Morgan fingerprint density at radius 1 is 1.26 bits per heavy atom. The predicted molar refractivity (Wildman–Crippen MR) is 74.8 cm³/mol. The minimum absolute atomic E-state index is 0.272. The lowest BCUT2D eigenvalue weighted by molar-refractivity contribution is 0.112. The van der Waals surface area contributed by atoms with Gasteiger partial charge in [0.2, 0.25) is 0 Å². The molecular formula is C14H18ClN3O. The van der Waals surface area contributed by atoms with Crippen molar-refractivity contribution in [2.75, 3.05) is 18.0 Å². The van der Waals surface area contributed by atoms with E-state index in [1.807, 2.05) is 6.92 Å². The van der Waals surface area contributed by atoms with E-state index < -0.39 is 0 Å². The summed E-state index contributed by atoms with van der Waals surface area (Å²) in [5, 5.41) is 0.272. The lowest BCUT2D eigenvalue weighted by Gasteiger charge is -2.42. The molecule has 1 aromatic rings. The first-order chi connectivity index (χ1) is 9.17. The minimum atomic E-state index is 0.272. The number of nitrogens with zero attached hydrogens (tertiary/aromatic N) is 3. The van der Waals surface area contributed by atoms with Gasteiger partial charge in [0.15, 0.2) is 6.29 Å². The zero-order valence-electron chi connectivity index (χ0n) is 11.1. The van der Waals surface area contributed by atoms with E-state index >= 15 is 0 Å². The van der Waals surface area contributed by atoms with E-state index in [1.165, 1.54) is 25.7 Å². The van der Waals surface area contributed by atoms with Gasteiger partial charge in [-0.05, 0) is 38.0 Å². The molecule has 2 atom stereocenters. The summed E-state index contributed by atoms with van der Waals surface area (Å²) in [5.41, 5.74) is 0.437. The van der Waals surface area contributed by atoms with Gasteiger partial charge < -0.3 is 4.90 Å². The van der Waals surface area contributed by atoms with E-state index in [4.69, 9.17) is 11.6 Å². The number of hydrogen-bond donors (Lipinski definition) is 0. The van der Waals surface area contributed by atoms with Gasteiger partial charge in [0.25, 0.3) is 0 Å². The second kappa shape index (κ2) is 5.08. The molecule has 0 radical (unpaired) electrons. The summed E-state index contributed by atoms with van der Waals surface area (Å²) in [6.45, 7) is 3.79. The molecular weight excluding hydrogens is 262 g/mol. The fourth-order valence-electron chi connectivity index (χ4n) is 3.48. The lowest BCUT2D eigenvalue weighted by atomic mass is 9.78. The number of aromatic nitrogens is 2. The summed E-state index contributed by atoms with van der Waals surface area (Å²) in [6, 6.07) is 0. The second-order valence-electron chi connectivity index (χ2n) is 5.72. The van der Waals surface area contributed by atoms with Crippen LogP contribution >= 0.6 is 11.6 Å². The van der Waals surface area contributed by atoms with E-state index in [-0.39, 0.29) is 5.15 Å². The molecule has 2 bridgehead atoms. The highest BCUT2D eigenvalue weighted by Crippen LogP contribution is 2.37. The van der Waals surface area contributed by atoms with Crippen LogP contribution in [0.3, 0.4) is 0 Å². The van der Waals surface area contributed by atoms with Crippen LogP contribution in [-0.2, 0) is 0 Å². The molecule has 5 heteroatoms. The van der Waals surface area contributed by atoms with Crippen LogP contribution in [0, 0.1) is 18.8 Å². The van der Waals surface area contributed by atoms with Crippen LogP contribution in [0.2, 0.25) is 5.15 Å². The van der Waals surface area contributed by atoms with Gasteiger partial charge in [-0.15, -0.1) is 0 Å². The molecule has 1 saturated carbocycles. The molecule has 0 N–H and O–H groups in total. The number of hydrogen-bond acceptors (Lipinski definition) is 4. The average Bonchev–Trinajstić information content (AvgIpc) is 2.37. The van der Waals surface area contributed by atoms with E-state index in [9.17, 15) is 4.79 Å². The van der Waals surface area contributed by atoms with E-state index in [0.717, 1.165) is 37.0 Å². The normalized spacial score (nSPS) is 26.3. The number of halogens is 1. The highest BCUT2D eigenvalue weighted by Gasteiger charge is 2.32. The van der Waals surface area contributed by atoms with Gasteiger partial charge in [-0.2, -0.15) is 0 Å². The van der Waals surface area contributed by atoms with Crippen LogP contribution in [0.4, 0.5) is 5.82 Å². The smallest absolute Gasteiger partial charge is 0.156 e. The van der Waals surface area contributed by atoms with Crippen LogP contribution in [0.1, 0.15) is 41.9 Å². The van der Waals surface area contributed by atoms with Crippen molar-refractivity contribution in [2.24, 2.45) is 11.8 Å². The third-order valence-corrected chi connectivity index (χ3v) is 4.54.